The van der Waals surface area contributed by atoms with Crippen molar-refractivity contribution in [2.45, 2.75) is 85.3 Å². The predicted molar refractivity (Wildman–Crippen MR) is 161 cm³/mol. The third-order valence-corrected chi connectivity index (χ3v) is 7.66. The zero-order valence-electron chi connectivity index (χ0n) is 25.0. The highest BCUT2D eigenvalue weighted by Gasteiger charge is 2.29. The number of nitrogens with two attached hydrogens (primary N) is 1. The standard InChI is InChI=1S/C33H52N2O4/c1-7-8-18-33(4,5)32(37)35-23-29(36)28(34)22-27(24(2)3)21-26-16-12-17-30(39-20-13-19-38-6)31(26)25-14-10-9-11-15-25/h9-12,14-17,24,27-29,36H,7-8,13,18-23,34H2,1-6H3,(H,35,37)/t27-,28-,29-/m0/s1. The number of carbonyl (C=O) groups is 1. The third-order valence-electron chi connectivity index (χ3n) is 7.66. The summed E-state index contributed by atoms with van der Waals surface area (Å²) in [6, 6.07) is 16.2. The number of aliphatic hydroxyl groups excluding tert-OH is 1. The number of hydrogen-bond donors (Lipinski definition) is 3. The van der Waals surface area contributed by atoms with Crippen LogP contribution in [0.3, 0.4) is 0 Å². The van der Waals surface area contributed by atoms with Crippen LogP contribution < -0.4 is 15.8 Å². The van der Waals surface area contributed by atoms with Gasteiger partial charge in [0, 0.05) is 43.7 Å². The van der Waals surface area contributed by atoms with Gasteiger partial charge >= 0.3 is 0 Å². The Morgan fingerprint density at radius 2 is 1.77 bits per heavy atom. The molecule has 4 N–H and O–H groups in total. The van der Waals surface area contributed by atoms with Crippen molar-refractivity contribution >= 4 is 5.91 Å². The Bertz CT molecular complexity index is 977. The summed E-state index contributed by atoms with van der Waals surface area (Å²) in [5.41, 5.74) is 9.50. The molecule has 6 nitrogen and oxygen atoms in total. The molecule has 0 fully saturated rings. The van der Waals surface area contributed by atoms with Gasteiger partial charge in [0.15, 0.2) is 0 Å². The second kappa shape index (κ2) is 16.6. The maximum Gasteiger partial charge on any atom is 0.225 e. The van der Waals surface area contributed by atoms with Gasteiger partial charge in [-0.25, -0.2) is 0 Å². The number of methoxy groups -OCH3 is 1. The summed E-state index contributed by atoms with van der Waals surface area (Å²) in [4.78, 5) is 12.7. The first-order valence-electron chi connectivity index (χ1n) is 14.6. The Kier molecular flexibility index (Phi) is 14.0. The van der Waals surface area contributed by atoms with E-state index in [1.165, 1.54) is 5.56 Å². The van der Waals surface area contributed by atoms with Crippen molar-refractivity contribution in [2.75, 3.05) is 26.9 Å². The monoisotopic (exact) mass is 540 g/mol. The molecule has 0 unspecified atom stereocenters. The number of amides is 1. The Labute approximate surface area is 236 Å². The molecule has 0 aromatic heterocycles. The van der Waals surface area contributed by atoms with Crippen LogP contribution in [0.4, 0.5) is 0 Å². The molecule has 6 heteroatoms. The summed E-state index contributed by atoms with van der Waals surface area (Å²) in [5.74, 6) is 1.45. The van der Waals surface area contributed by atoms with Crippen LogP contribution >= 0.6 is 0 Å². The molecule has 218 valence electrons. The molecule has 39 heavy (non-hydrogen) atoms. The maximum absolute atomic E-state index is 12.7. The molecule has 2 aromatic carbocycles. The zero-order valence-corrected chi connectivity index (χ0v) is 25.0. The quantitative estimate of drug-likeness (QED) is 0.202. The molecular formula is C33H52N2O4. The molecule has 0 heterocycles. The fourth-order valence-corrected chi connectivity index (χ4v) is 4.89. The SMILES string of the molecule is CCCCC(C)(C)C(=O)NC[C@H](O)[C@@H](N)C[C@H](Cc1cccc(OCCCOC)c1-c1ccccc1)C(C)C. The average molecular weight is 541 g/mol. The molecule has 0 aliphatic carbocycles. The van der Waals surface area contributed by atoms with Crippen LogP contribution in [0.2, 0.25) is 0 Å². The number of hydrogen-bond acceptors (Lipinski definition) is 5. The Morgan fingerprint density at radius 3 is 2.41 bits per heavy atom. The number of unbranched alkanes of at least 4 members (excludes halogenated alkanes) is 1. The minimum Gasteiger partial charge on any atom is -0.493 e. The lowest BCUT2D eigenvalue weighted by atomic mass is 9.81. The second-order valence-electron chi connectivity index (χ2n) is 11.7. The average Bonchev–Trinajstić information content (AvgIpc) is 2.92. The van der Waals surface area contributed by atoms with Gasteiger partial charge in [-0.15, -0.1) is 0 Å². The van der Waals surface area contributed by atoms with Gasteiger partial charge in [0.1, 0.15) is 5.75 Å². The number of aliphatic hydroxyl groups is 1. The van der Waals surface area contributed by atoms with Gasteiger partial charge in [0.25, 0.3) is 0 Å². The van der Waals surface area contributed by atoms with E-state index in [0.29, 0.717) is 25.6 Å². The van der Waals surface area contributed by atoms with Crippen LogP contribution in [0.1, 0.15) is 72.3 Å². The van der Waals surface area contributed by atoms with Crippen LogP contribution in [0.15, 0.2) is 48.5 Å². The number of rotatable bonds is 18. The molecule has 0 aliphatic heterocycles. The summed E-state index contributed by atoms with van der Waals surface area (Å²) in [7, 11) is 1.70. The highest BCUT2D eigenvalue weighted by molar-refractivity contribution is 5.81. The number of benzene rings is 2. The van der Waals surface area contributed by atoms with Gasteiger partial charge in [-0.05, 0) is 48.3 Å². The zero-order chi connectivity index (χ0) is 28.8. The minimum atomic E-state index is -0.804. The fourth-order valence-electron chi connectivity index (χ4n) is 4.89. The summed E-state index contributed by atoms with van der Waals surface area (Å²) in [6.45, 7) is 11.9. The van der Waals surface area contributed by atoms with E-state index in [2.05, 4.69) is 50.4 Å². The van der Waals surface area contributed by atoms with Crippen molar-refractivity contribution in [3.63, 3.8) is 0 Å². The largest absolute Gasteiger partial charge is 0.493 e. The maximum atomic E-state index is 12.7. The molecule has 2 aromatic rings. The molecule has 0 saturated heterocycles. The first kappa shape index (κ1) is 32.8. The highest BCUT2D eigenvalue weighted by atomic mass is 16.5. The van der Waals surface area contributed by atoms with Crippen LogP contribution in [0.25, 0.3) is 11.1 Å². The number of carbonyl (C=O) groups excluding carboxylic acids is 1. The molecule has 0 saturated carbocycles. The normalized spacial score (nSPS) is 14.2. The number of nitrogens with one attached hydrogen (secondary N) is 1. The summed E-state index contributed by atoms with van der Waals surface area (Å²) < 4.78 is 11.4. The summed E-state index contributed by atoms with van der Waals surface area (Å²) in [5, 5.41) is 13.8. The summed E-state index contributed by atoms with van der Waals surface area (Å²) >= 11 is 0. The van der Waals surface area contributed by atoms with Crippen molar-refractivity contribution in [1.29, 1.82) is 0 Å². The molecule has 2 rings (SSSR count). The highest BCUT2D eigenvalue weighted by Crippen LogP contribution is 2.36. The van der Waals surface area contributed by atoms with Crippen molar-refractivity contribution in [1.82, 2.24) is 5.32 Å². The van der Waals surface area contributed by atoms with Gasteiger partial charge in [0.05, 0.1) is 12.7 Å². The van der Waals surface area contributed by atoms with E-state index < -0.39 is 17.6 Å². The van der Waals surface area contributed by atoms with Gasteiger partial charge < -0.3 is 25.6 Å². The van der Waals surface area contributed by atoms with Crippen LogP contribution in [0, 0.1) is 17.3 Å². The van der Waals surface area contributed by atoms with Crippen molar-refractivity contribution in [3.05, 3.63) is 54.1 Å². The lowest BCUT2D eigenvalue weighted by Crippen LogP contribution is -2.47. The molecule has 0 bridgehead atoms. The van der Waals surface area contributed by atoms with Gasteiger partial charge in [0.2, 0.25) is 5.91 Å². The topological polar surface area (TPSA) is 93.8 Å². The van der Waals surface area contributed by atoms with Gasteiger partial charge in [-0.1, -0.05) is 89.9 Å². The van der Waals surface area contributed by atoms with Crippen molar-refractivity contribution in [3.8, 4) is 16.9 Å². The first-order valence-corrected chi connectivity index (χ1v) is 14.6. The molecular weight excluding hydrogens is 488 g/mol. The van der Waals surface area contributed by atoms with E-state index in [4.69, 9.17) is 15.2 Å². The van der Waals surface area contributed by atoms with Crippen molar-refractivity contribution < 1.29 is 19.4 Å². The first-order chi connectivity index (χ1) is 18.6. The number of ether oxygens (including phenoxy) is 2. The van der Waals surface area contributed by atoms with Crippen LogP contribution in [-0.2, 0) is 16.0 Å². The lowest BCUT2D eigenvalue weighted by molar-refractivity contribution is -0.130. The van der Waals surface area contributed by atoms with E-state index in [9.17, 15) is 9.90 Å². The predicted octanol–water partition coefficient (Wildman–Crippen LogP) is 5.99. The van der Waals surface area contributed by atoms with E-state index >= 15 is 0 Å². The molecule has 1 amide bonds. The Balaban J connectivity index is 2.15. The molecule has 3 atom stereocenters. The van der Waals surface area contributed by atoms with E-state index in [1.807, 2.05) is 38.1 Å². The Hall–Kier alpha value is -2.41. The van der Waals surface area contributed by atoms with Gasteiger partial charge in [-0.3, -0.25) is 4.79 Å². The second-order valence-corrected chi connectivity index (χ2v) is 11.7. The van der Waals surface area contributed by atoms with E-state index in [-0.39, 0.29) is 18.4 Å². The summed E-state index contributed by atoms with van der Waals surface area (Å²) in [6.07, 6.45) is 4.36. The smallest absolute Gasteiger partial charge is 0.225 e. The molecule has 0 spiro atoms. The van der Waals surface area contributed by atoms with E-state index in [0.717, 1.165) is 49.0 Å². The van der Waals surface area contributed by atoms with Crippen LogP contribution in [-0.4, -0.2) is 50.0 Å². The minimum absolute atomic E-state index is 0.0302. The van der Waals surface area contributed by atoms with Crippen LogP contribution in [0.5, 0.6) is 5.75 Å². The molecule has 0 radical (unpaired) electrons. The van der Waals surface area contributed by atoms with Gasteiger partial charge in [-0.2, -0.15) is 0 Å². The van der Waals surface area contributed by atoms with Crippen molar-refractivity contribution in [2.24, 2.45) is 23.0 Å². The fraction of sp³-hybridized carbons (Fsp3) is 0.606. The molecule has 0 aliphatic rings. The lowest BCUT2D eigenvalue weighted by Gasteiger charge is -2.29. The third kappa shape index (κ3) is 10.6. The Morgan fingerprint density at radius 1 is 1.05 bits per heavy atom. The van der Waals surface area contributed by atoms with E-state index in [1.54, 1.807) is 7.11 Å².